The number of sulfonamides is 1. The lowest BCUT2D eigenvalue weighted by atomic mass is 9.81. The topological polar surface area (TPSA) is 122 Å². The molecule has 3 N–H and O–H groups in total. The van der Waals surface area contributed by atoms with Crippen molar-refractivity contribution < 1.29 is 27.9 Å². The molecule has 1 saturated carbocycles. The number of benzene rings is 1. The van der Waals surface area contributed by atoms with Gasteiger partial charge in [0.25, 0.3) is 5.91 Å². The molecule has 0 radical (unpaired) electrons. The van der Waals surface area contributed by atoms with E-state index in [2.05, 4.69) is 10.0 Å². The molecule has 0 atom stereocenters. The van der Waals surface area contributed by atoms with Gasteiger partial charge in [0.1, 0.15) is 16.2 Å². The van der Waals surface area contributed by atoms with Crippen molar-refractivity contribution in [1.82, 2.24) is 10.0 Å². The molecule has 138 valence electrons. The molecule has 1 aromatic rings. The van der Waals surface area contributed by atoms with Crippen molar-refractivity contribution in [3.05, 3.63) is 23.8 Å². The first-order chi connectivity index (χ1) is 11.8. The van der Waals surface area contributed by atoms with E-state index in [0.717, 1.165) is 6.42 Å². The molecule has 2 rings (SSSR count). The van der Waals surface area contributed by atoms with Crippen LogP contribution in [-0.2, 0) is 14.8 Å². The molecule has 0 aliphatic heterocycles. The minimum Gasteiger partial charge on any atom is -0.495 e. The highest BCUT2D eigenvalue weighted by atomic mass is 32.2. The fourth-order valence-corrected chi connectivity index (χ4v) is 3.89. The number of nitrogens with one attached hydrogen (secondary N) is 2. The fraction of sp³-hybridized carbons (Fsp3) is 0.500. The Balaban J connectivity index is 2.36. The van der Waals surface area contributed by atoms with Crippen LogP contribution in [0, 0.1) is 0 Å². The highest BCUT2D eigenvalue weighted by molar-refractivity contribution is 7.89. The van der Waals surface area contributed by atoms with Crippen LogP contribution in [0.15, 0.2) is 23.1 Å². The number of carbonyl (C=O) groups excluding carboxylic acids is 1. The Morgan fingerprint density at radius 1 is 1.20 bits per heavy atom. The molecule has 0 bridgehead atoms. The van der Waals surface area contributed by atoms with Gasteiger partial charge in [-0.25, -0.2) is 17.9 Å². The molecular formula is C16H22N2O6S. The van der Waals surface area contributed by atoms with E-state index in [1.165, 1.54) is 32.4 Å². The van der Waals surface area contributed by atoms with Crippen LogP contribution in [0.25, 0.3) is 0 Å². The first kappa shape index (κ1) is 19.2. The second-order valence-electron chi connectivity index (χ2n) is 5.98. The molecule has 0 heterocycles. The SMILES string of the molecule is CNS(=O)(=O)c1cc(C(=O)NC2(C(=O)O)CCCCC2)ccc1OC. The summed E-state index contributed by atoms with van der Waals surface area (Å²) in [6, 6.07) is 3.95. The van der Waals surface area contributed by atoms with Crippen molar-refractivity contribution in [3.8, 4) is 5.75 Å². The van der Waals surface area contributed by atoms with Crippen molar-refractivity contribution in [2.75, 3.05) is 14.2 Å². The average molecular weight is 370 g/mol. The van der Waals surface area contributed by atoms with Gasteiger partial charge < -0.3 is 15.2 Å². The first-order valence-corrected chi connectivity index (χ1v) is 9.41. The zero-order valence-corrected chi connectivity index (χ0v) is 15.0. The van der Waals surface area contributed by atoms with E-state index in [4.69, 9.17) is 4.74 Å². The summed E-state index contributed by atoms with van der Waals surface area (Å²) in [5, 5.41) is 12.1. The number of carbonyl (C=O) groups is 2. The lowest BCUT2D eigenvalue weighted by molar-refractivity contribution is -0.145. The third-order valence-electron chi connectivity index (χ3n) is 4.45. The van der Waals surface area contributed by atoms with Crippen LogP contribution < -0.4 is 14.8 Å². The quantitative estimate of drug-likeness (QED) is 0.690. The predicted octanol–water partition coefficient (Wildman–Crippen LogP) is 1.12. The van der Waals surface area contributed by atoms with Gasteiger partial charge in [-0.2, -0.15) is 0 Å². The monoisotopic (exact) mass is 370 g/mol. The van der Waals surface area contributed by atoms with Crippen molar-refractivity contribution in [3.63, 3.8) is 0 Å². The number of aliphatic carboxylic acids is 1. The minimum absolute atomic E-state index is 0.0563. The zero-order chi connectivity index (χ0) is 18.7. The molecule has 0 saturated heterocycles. The Labute approximate surface area is 146 Å². The van der Waals surface area contributed by atoms with E-state index in [1.54, 1.807) is 0 Å². The number of rotatable bonds is 6. The van der Waals surface area contributed by atoms with E-state index in [1.807, 2.05) is 0 Å². The Morgan fingerprint density at radius 2 is 1.84 bits per heavy atom. The number of methoxy groups -OCH3 is 1. The summed E-state index contributed by atoms with van der Waals surface area (Å²) in [5.41, 5.74) is -1.25. The van der Waals surface area contributed by atoms with E-state index in [-0.39, 0.29) is 16.2 Å². The van der Waals surface area contributed by atoms with Gasteiger partial charge in [0, 0.05) is 5.56 Å². The zero-order valence-electron chi connectivity index (χ0n) is 14.2. The van der Waals surface area contributed by atoms with Crippen LogP contribution in [0.5, 0.6) is 5.75 Å². The molecule has 8 nitrogen and oxygen atoms in total. The summed E-state index contributed by atoms with van der Waals surface area (Å²) in [5.74, 6) is -1.60. The van der Waals surface area contributed by atoms with Crippen molar-refractivity contribution in [2.24, 2.45) is 0 Å². The smallest absolute Gasteiger partial charge is 0.329 e. The minimum atomic E-state index is -3.83. The Morgan fingerprint density at radius 3 is 2.36 bits per heavy atom. The predicted molar refractivity (Wildman–Crippen MR) is 90.2 cm³/mol. The van der Waals surface area contributed by atoms with E-state index < -0.39 is 27.4 Å². The summed E-state index contributed by atoms with van der Waals surface area (Å²) < 4.78 is 31.4. The van der Waals surface area contributed by atoms with Crippen molar-refractivity contribution in [1.29, 1.82) is 0 Å². The summed E-state index contributed by atoms with van der Waals surface area (Å²) in [6.07, 6.45) is 3.07. The van der Waals surface area contributed by atoms with Crippen molar-refractivity contribution in [2.45, 2.75) is 42.5 Å². The average Bonchev–Trinajstić information content (AvgIpc) is 2.61. The number of carboxylic acid groups (broad SMARTS) is 1. The van der Waals surface area contributed by atoms with Crippen LogP contribution in [0.3, 0.4) is 0 Å². The van der Waals surface area contributed by atoms with Crippen LogP contribution in [-0.4, -0.2) is 45.1 Å². The molecule has 0 unspecified atom stereocenters. The second kappa shape index (κ2) is 7.40. The van der Waals surface area contributed by atoms with E-state index >= 15 is 0 Å². The standard InChI is InChI=1S/C16H22N2O6S/c1-17-25(22,23)13-10-11(6-7-12(13)24-2)14(19)18-16(15(20)21)8-4-3-5-9-16/h6-7,10,17H,3-5,8-9H2,1-2H3,(H,18,19)(H,20,21). The van der Waals surface area contributed by atoms with Gasteiger partial charge in [-0.05, 0) is 38.1 Å². The van der Waals surface area contributed by atoms with Gasteiger partial charge in [0.05, 0.1) is 7.11 Å². The molecule has 25 heavy (non-hydrogen) atoms. The molecule has 1 aliphatic carbocycles. The summed E-state index contributed by atoms with van der Waals surface area (Å²) in [7, 11) is -1.26. The lowest BCUT2D eigenvalue weighted by Crippen LogP contribution is -2.55. The highest BCUT2D eigenvalue weighted by Crippen LogP contribution is 2.30. The third kappa shape index (κ3) is 3.93. The normalized spacial score (nSPS) is 16.9. The summed E-state index contributed by atoms with van der Waals surface area (Å²) in [4.78, 5) is 24.1. The van der Waals surface area contributed by atoms with Crippen molar-refractivity contribution >= 4 is 21.9 Å². The van der Waals surface area contributed by atoms with Gasteiger partial charge in [0.15, 0.2) is 0 Å². The first-order valence-electron chi connectivity index (χ1n) is 7.93. The van der Waals surface area contributed by atoms with Gasteiger partial charge in [-0.1, -0.05) is 19.3 Å². The maximum atomic E-state index is 12.6. The Kier molecular flexibility index (Phi) is 5.69. The lowest BCUT2D eigenvalue weighted by Gasteiger charge is -2.34. The number of hydrogen-bond donors (Lipinski definition) is 3. The van der Waals surface area contributed by atoms with E-state index in [0.29, 0.717) is 25.7 Å². The van der Waals surface area contributed by atoms with Crippen LogP contribution in [0.2, 0.25) is 0 Å². The molecule has 1 aliphatic rings. The highest BCUT2D eigenvalue weighted by Gasteiger charge is 2.41. The summed E-state index contributed by atoms with van der Waals surface area (Å²) in [6.45, 7) is 0. The molecule has 1 amide bonds. The van der Waals surface area contributed by atoms with Gasteiger partial charge in [-0.15, -0.1) is 0 Å². The van der Waals surface area contributed by atoms with Crippen LogP contribution >= 0.6 is 0 Å². The number of hydrogen-bond acceptors (Lipinski definition) is 5. The van der Waals surface area contributed by atoms with E-state index in [9.17, 15) is 23.1 Å². The van der Waals surface area contributed by atoms with Gasteiger partial charge >= 0.3 is 5.97 Å². The Hall–Kier alpha value is -2.13. The van der Waals surface area contributed by atoms with Gasteiger partial charge in [0.2, 0.25) is 10.0 Å². The Bertz CT molecular complexity index is 769. The molecular weight excluding hydrogens is 348 g/mol. The number of amides is 1. The van der Waals surface area contributed by atoms with Crippen LogP contribution in [0.4, 0.5) is 0 Å². The molecule has 9 heteroatoms. The van der Waals surface area contributed by atoms with Crippen LogP contribution in [0.1, 0.15) is 42.5 Å². The fourth-order valence-electron chi connectivity index (χ4n) is 2.98. The maximum absolute atomic E-state index is 12.6. The molecule has 1 fully saturated rings. The summed E-state index contributed by atoms with van der Waals surface area (Å²) >= 11 is 0. The molecule has 0 spiro atoms. The maximum Gasteiger partial charge on any atom is 0.329 e. The molecule has 0 aromatic heterocycles. The molecule has 1 aromatic carbocycles. The largest absolute Gasteiger partial charge is 0.495 e. The van der Waals surface area contributed by atoms with Gasteiger partial charge in [-0.3, -0.25) is 4.79 Å². The second-order valence-corrected chi connectivity index (χ2v) is 7.83. The number of ether oxygens (including phenoxy) is 1. The number of carboxylic acids is 1. The third-order valence-corrected chi connectivity index (χ3v) is 5.89.